The van der Waals surface area contributed by atoms with Crippen molar-refractivity contribution in [1.29, 1.82) is 10.7 Å². The van der Waals surface area contributed by atoms with Crippen molar-refractivity contribution in [2.45, 2.75) is 13.3 Å². The first-order valence-electron chi connectivity index (χ1n) is 9.00. The maximum atomic E-state index is 11.7. The molecule has 31 heavy (non-hydrogen) atoms. The van der Waals surface area contributed by atoms with E-state index in [1.165, 1.54) is 11.3 Å². The van der Waals surface area contributed by atoms with Crippen LogP contribution in [0.5, 0.6) is 0 Å². The Balaban J connectivity index is 2.27. The van der Waals surface area contributed by atoms with E-state index >= 15 is 0 Å². The van der Waals surface area contributed by atoms with Gasteiger partial charge in [0.05, 0.1) is 15.3 Å². The number of benzene rings is 1. The SMILES string of the molecule is CCC(=O)Nc1cc(-c2sc(C(N)=NC=N)c(-c3ccc(Cl)cc3Cl)c2C#N)ccn1. The number of thiophene rings is 1. The van der Waals surface area contributed by atoms with Crippen LogP contribution in [0.1, 0.15) is 23.8 Å². The van der Waals surface area contributed by atoms with Gasteiger partial charge in [0.1, 0.15) is 24.1 Å². The molecular formula is C21H16Cl2N6OS. The molecule has 4 N–H and O–H groups in total. The summed E-state index contributed by atoms with van der Waals surface area (Å²) in [5, 5.41) is 20.8. The zero-order chi connectivity index (χ0) is 22.5. The highest BCUT2D eigenvalue weighted by molar-refractivity contribution is 7.18. The van der Waals surface area contributed by atoms with Crippen LogP contribution in [0.25, 0.3) is 21.6 Å². The van der Waals surface area contributed by atoms with Crippen LogP contribution in [0.4, 0.5) is 5.82 Å². The van der Waals surface area contributed by atoms with E-state index in [4.69, 9.17) is 34.3 Å². The summed E-state index contributed by atoms with van der Waals surface area (Å²) in [5.41, 5.74) is 8.19. The summed E-state index contributed by atoms with van der Waals surface area (Å²) in [6.45, 7) is 1.74. The van der Waals surface area contributed by atoms with Crippen LogP contribution in [0.15, 0.2) is 41.5 Å². The van der Waals surface area contributed by atoms with E-state index in [9.17, 15) is 10.1 Å². The zero-order valence-corrected chi connectivity index (χ0v) is 18.6. The molecule has 0 aliphatic heterocycles. The summed E-state index contributed by atoms with van der Waals surface area (Å²) in [4.78, 5) is 20.9. The molecule has 0 unspecified atom stereocenters. The van der Waals surface area contributed by atoms with Crippen molar-refractivity contribution in [2.75, 3.05) is 5.32 Å². The number of hydrogen-bond acceptors (Lipinski definition) is 5. The second-order valence-corrected chi connectivity index (χ2v) is 8.09. The summed E-state index contributed by atoms with van der Waals surface area (Å²) < 4.78 is 0. The topological polar surface area (TPSA) is 128 Å². The molecule has 10 heteroatoms. The van der Waals surface area contributed by atoms with E-state index < -0.39 is 0 Å². The third-order valence-electron chi connectivity index (χ3n) is 4.27. The highest BCUT2D eigenvalue weighted by atomic mass is 35.5. The monoisotopic (exact) mass is 470 g/mol. The molecule has 156 valence electrons. The molecule has 2 heterocycles. The van der Waals surface area contributed by atoms with Crippen LogP contribution in [-0.4, -0.2) is 23.1 Å². The molecule has 0 aliphatic carbocycles. The molecule has 7 nitrogen and oxygen atoms in total. The van der Waals surface area contributed by atoms with Crippen LogP contribution < -0.4 is 11.1 Å². The van der Waals surface area contributed by atoms with Crippen LogP contribution in [0, 0.1) is 16.7 Å². The van der Waals surface area contributed by atoms with Gasteiger partial charge < -0.3 is 11.1 Å². The number of rotatable bonds is 6. The van der Waals surface area contributed by atoms with Gasteiger partial charge in [0, 0.05) is 33.8 Å². The molecule has 0 fully saturated rings. The highest BCUT2D eigenvalue weighted by Gasteiger charge is 2.24. The number of anilines is 1. The summed E-state index contributed by atoms with van der Waals surface area (Å²) >= 11 is 13.7. The van der Waals surface area contributed by atoms with Crippen molar-refractivity contribution >= 4 is 58.4 Å². The molecule has 1 amide bonds. The number of aliphatic imine (C=N–C) groups is 1. The first kappa shape index (κ1) is 22.4. The normalized spacial score (nSPS) is 11.1. The van der Waals surface area contributed by atoms with E-state index in [2.05, 4.69) is 21.4 Å². The van der Waals surface area contributed by atoms with Gasteiger partial charge in [0.15, 0.2) is 0 Å². The number of amides is 1. The summed E-state index contributed by atoms with van der Waals surface area (Å²) in [6.07, 6.45) is 2.69. The van der Waals surface area contributed by atoms with Crippen LogP contribution in [0.2, 0.25) is 10.0 Å². The third-order valence-corrected chi connectivity index (χ3v) is 6.08. The fourth-order valence-electron chi connectivity index (χ4n) is 2.87. The lowest BCUT2D eigenvalue weighted by atomic mass is 9.98. The Labute approximate surface area is 192 Å². The molecule has 1 aromatic carbocycles. The Kier molecular flexibility index (Phi) is 7.02. The maximum Gasteiger partial charge on any atom is 0.225 e. The molecular weight excluding hydrogens is 455 g/mol. The smallest absolute Gasteiger partial charge is 0.225 e. The number of halogens is 2. The van der Waals surface area contributed by atoms with E-state index in [0.717, 1.165) is 6.34 Å². The summed E-state index contributed by atoms with van der Waals surface area (Å²) in [5.74, 6) is 0.278. The number of hydrogen-bond donors (Lipinski definition) is 3. The fraction of sp³-hybridized carbons (Fsp3) is 0.0952. The van der Waals surface area contributed by atoms with Crippen LogP contribution in [0.3, 0.4) is 0 Å². The number of nitrogens with zero attached hydrogens (tertiary/aromatic N) is 3. The predicted molar refractivity (Wildman–Crippen MR) is 126 cm³/mol. The lowest BCUT2D eigenvalue weighted by molar-refractivity contribution is -0.115. The number of carbonyl (C=O) groups is 1. The molecule has 0 aliphatic rings. The number of nitrogens with one attached hydrogen (secondary N) is 2. The molecule has 0 bridgehead atoms. The highest BCUT2D eigenvalue weighted by Crippen LogP contribution is 2.44. The van der Waals surface area contributed by atoms with Crippen molar-refractivity contribution in [2.24, 2.45) is 10.7 Å². The average molecular weight is 471 g/mol. The second kappa shape index (κ2) is 9.71. The minimum atomic E-state index is -0.173. The number of amidine groups is 1. The lowest BCUT2D eigenvalue weighted by Crippen LogP contribution is -2.12. The van der Waals surface area contributed by atoms with Crippen molar-refractivity contribution < 1.29 is 4.79 Å². The van der Waals surface area contributed by atoms with Gasteiger partial charge in [-0.2, -0.15) is 5.26 Å². The number of aromatic nitrogens is 1. The standard InChI is InChI=1S/C21H16Cl2N6OS/c1-2-17(30)29-16-7-11(5-6-27-16)19-14(9-24)18(20(31-19)21(26)28-10-25)13-4-3-12(22)8-15(13)23/h3-8,10H,2H2,1H3,(H3,25,26,28)(H,27,29,30). The Morgan fingerprint density at radius 2 is 2.16 bits per heavy atom. The summed E-state index contributed by atoms with van der Waals surface area (Å²) in [6, 6.07) is 10.6. The van der Waals surface area contributed by atoms with Gasteiger partial charge in [-0.05, 0) is 29.8 Å². The van der Waals surface area contributed by atoms with Gasteiger partial charge in [-0.25, -0.2) is 9.98 Å². The number of nitriles is 1. The van der Waals surface area contributed by atoms with Crippen molar-refractivity contribution in [3.8, 4) is 27.6 Å². The zero-order valence-electron chi connectivity index (χ0n) is 16.2. The van der Waals surface area contributed by atoms with Crippen molar-refractivity contribution in [3.05, 3.63) is 57.0 Å². The number of pyridine rings is 1. The first-order chi connectivity index (χ1) is 14.9. The Morgan fingerprint density at radius 3 is 2.81 bits per heavy atom. The lowest BCUT2D eigenvalue weighted by Gasteiger charge is -2.08. The van der Waals surface area contributed by atoms with Crippen LogP contribution in [-0.2, 0) is 4.79 Å². The second-order valence-electron chi connectivity index (χ2n) is 6.22. The molecule has 2 aromatic heterocycles. The van der Waals surface area contributed by atoms with E-state index in [0.29, 0.717) is 54.3 Å². The Hall–Kier alpha value is -3.25. The van der Waals surface area contributed by atoms with Gasteiger partial charge in [-0.3, -0.25) is 10.2 Å². The molecule has 0 saturated heterocycles. The fourth-order valence-corrected chi connectivity index (χ4v) is 4.54. The minimum absolute atomic E-state index is 0.0809. The molecule has 0 atom stereocenters. The molecule has 3 aromatic rings. The number of nitrogens with two attached hydrogens (primary N) is 1. The van der Waals surface area contributed by atoms with Gasteiger partial charge in [-0.15, -0.1) is 11.3 Å². The molecule has 0 radical (unpaired) electrons. The van der Waals surface area contributed by atoms with E-state index in [-0.39, 0.29) is 11.7 Å². The first-order valence-corrected chi connectivity index (χ1v) is 10.6. The van der Waals surface area contributed by atoms with E-state index in [1.807, 2.05) is 0 Å². The predicted octanol–water partition coefficient (Wildman–Crippen LogP) is 5.32. The van der Waals surface area contributed by atoms with E-state index in [1.54, 1.807) is 43.5 Å². The van der Waals surface area contributed by atoms with Gasteiger partial charge in [0.2, 0.25) is 5.91 Å². The number of carbonyl (C=O) groups excluding carboxylic acids is 1. The summed E-state index contributed by atoms with van der Waals surface area (Å²) in [7, 11) is 0. The van der Waals surface area contributed by atoms with Crippen molar-refractivity contribution in [3.63, 3.8) is 0 Å². The quantitative estimate of drug-likeness (QED) is 0.332. The van der Waals surface area contributed by atoms with Gasteiger partial charge >= 0.3 is 0 Å². The average Bonchev–Trinajstić information content (AvgIpc) is 3.13. The molecule has 3 rings (SSSR count). The molecule has 0 spiro atoms. The van der Waals surface area contributed by atoms with Gasteiger partial charge in [-0.1, -0.05) is 36.2 Å². The Morgan fingerprint density at radius 1 is 1.39 bits per heavy atom. The van der Waals surface area contributed by atoms with Crippen molar-refractivity contribution in [1.82, 2.24) is 4.98 Å². The molecule has 0 saturated carbocycles. The minimum Gasteiger partial charge on any atom is -0.382 e. The third kappa shape index (κ3) is 4.75. The largest absolute Gasteiger partial charge is 0.382 e. The van der Waals surface area contributed by atoms with Gasteiger partial charge in [0.25, 0.3) is 0 Å². The van der Waals surface area contributed by atoms with Crippen LogP contribution >= 0.6 is 34.5 Å². The maximum absolute atomic E-state index is 11.7. The Bertz CT molecular complexity index is 1250.